The van der Waals surface area contributed by atoms with Crippen molar-refractivity contribution in [3.63, 3.8) is 0 Å². The summed E-state index contributed by atoms with van der Waals surface area (Å²) >= 11 is 1.57. The normalized spacial score (nSPS) is 17.7. The van der Waals surface area contributed by atoms with Crippen LogP contribution in [0.3, 0.4) is 0 Å². The second kappa shape index (κ2) is 6.22. The number of hydrogen-bond donors (Lipinski definition) is 0. The smallest absolute Gasteiger partial charge is 0.269 e. The lowest BCUT2D eigenvalue weighted by atomic mass is 10.1. The van der Waals surface area contributed by atoms with Crippen molar-refractivity contribution in [3.8, 4) is 22.2 Å². The van der Waals surface area contributed by atoms with Gasteiger partial charge in [-0.15, -0.1) is 11.3 Å². The molecule has 4 rings (SSSR count). The number of aromatic nitrogens is 3. The average Bonchev–Trinajstić information content (AvgIpc) is 3.34. The SMILES string of the molecule is CCc1ccc(-c2noc(-c3cnc(C4CCCO4)s3)n2)cc1. The summed E-state index contributed by atoms with van der Waals surface area (Å²) in [6, 6.07) is 8.23. The van der Waals surface area contributed by atoms with Crippen molar-refractivity contribution < 1.29 is 9.26 Å². The lowest BCUT2D eigenvalue weighted by molar-refractivity contribution is 0.111. The molecule has 1 aliphatic heterocycles. The molecule has 0 saturated carbocycles. The predicted octanol–water partition coefficient (Wildman–Crippen LogP) is 4.27. The second-order valence-corrected chi connectivity index (χ2v) is 6.60. The number of aryl methyl sites for hydroxylation is 1. The summed E-state index contributed by atoms with van der Waals surface area (Å²) in [6.07, 6.45) is 5.06. The van der Waals surface area contributed by atoms with E-state index in [1.54, 1.807) is 17.5 Å². The zero-order valence-corrected chi connectivity index (χ0v) is 13.7. The highest BCUT2D eigenvalue weighted by molar-refractivity contribution is 7.15. The van der Waals surface area contributed by atoms with Gasteiger partial charge in [0.2, 0.25) is 5.82 Å². The molecule has 3 aromatic rings. The van der Waals surface area contributed by atoms with Crippen LogP contribution in [-0.2, 0) is 11.2 Å². The quantitative estimate of drug-likeness (QED) is 0.716. The minimum Gasteiger partial charge on any atom is -0.371 e. The zero-order chi connectivity index (χ0) is 15.6. The van der Waals surface area contributed by atoms with Gasteiger partial charge in [-0.2, -0.15) is 4.98 Å². The van der Waals surface area contributed by atoms with E-state index in [-0.39, 0.29) is 6.10 Å². The summed E-state index contributed by atoms with van der Waals surface area (Å²) < 4.78 is 11.1. The second-order valence-electron chi connectivity index (χ2n) is 5.54. The van der Waals surface area contributed by atoms with E-state index in [2.05, 4.69) is 34.2 Å². The lowest BCUT2D eigenvalue weighted by Crippen LogP contribution is -1.93. The maximum absolute atomic E-state index is 5.67. The summed E-state index contributed by atoms with van der Waals surface area (Å²) in [5.41, 5.74) is 2.25. The molecule has 23 heavy (non-hydrogen) atoms. The molecule has 3 heterocycles. The van der Waals surface area contributed by atoms with E-state index in [0.29, 0.717) is 11.7 Å². The first-order valence-corrected chi connectivity index (χ1v) is 8.66. The average molecular weight is 327 g/mol. The Kier molecular flexibility index (Phi) is 3.93. The van der Waals surface area contributed by atoms with Gasteiger partial charge in [-0.05, 0) is 24.8 Å². The van der Waals surface area contributed by atoms with Crippen LogP contribution in [0.25, 0.3) is 22.2 Å². The zero-order valence-electron chi connectivity index (χ0n) is 12.9. The topological polar surface area (TPSA) is 61.0 Å². The third-order valence-electron chi connectivity index (χ3n) is 3.99. The van der Waals surface area contributed by atoms with E-state index in [1.807, 2.05) is 12.1 Å². The molecule has 6 heteroatoms. The van der Waals surface area contributed by atoms with Gasteiger partial charge in [0.1, 0.15) is 16.0 Å². The lowest BCUT2D eigenvalue weighted by Gasteiger charge is -2.02. The van der Waals surface area contributed by atoms with Gasteiger partial charge >= 0.3 is 0 Å². The van der Waals surface area contributed by atoms with Gasteiger partial charge in [0.05, 0.1) is 6.20 Å². The van der Waals surface area contributed by atoms with Gasteiger partial charge in [0, 0.05) is 12.2 Å². The maximum Gasteiger partial charge on any atom is 0.269 e. The first-order valence-electron chi connectivity index (χ1n) is 7.84. The van der Waals surface area contributed by atoms with Crippen molar-refractivity contribution in [3.05, 3.63) is 41.0 Å². The first kappa shape index (κ1) is 14.5. The number of benzene rings is 1. The van der Waals surface area contributed by atoms with Crippen LogP contribution in [-0.4, -0.2) is 21.7 Å². The van der Waals surface area contributed by atoms with E-state index >= 15 is 0 Å². The molecule has 1 fully saturated rings. The van der Waals surface area contributed by atoms with Crippen LogP contribution in [0, 0.1) is 0 Å². The fraction of sp³-hybridized carbons (Fsp3) is 0.353. The third kappa shape index (κ3) is 2.92. The van der Waals surface area contributed by atoms with Crippen LogP contribution in [0.1, 0.15) is 36.4 Å². The van der Waals surface area contributed by atoms with Crippen molar-refractivity contribution in [2.24, 2.45) is 0 Å². The van der Waals surface area contributed by atoms with Gasteiger partial charge in [0.15, 0.2) is 0 Å². The van der Waals surface area contributed by atoms with E-state index in [9.17, 15) is 0 Å². The first-order chi connectivity index (χ1) is 11.3. The van der Waals surface area contributed by atoms with E-state index in [0.717, 1.165) is 41.3 Å². The van der Waals surface area contributed by atoms with Crippen molar-refractivity contribution in [2.45, 2.75) is 32.3 Å². The fourth-order valence-electron chi connectivity index (χ4n) is 2.64. The van der Waals surface area contributed by atoms with E-state index < -0.39 is 0 Å². The molecule has 118 valence electrons. The predicted molar refractivity (Wildman–Crippen MR) is 88.1 cm³/mol. The Balaban J connectivity index is 1.57. The molecule has 0 amide bonds. The molecule has 1 aromatic carbocycles. The van der Waals surface area contributed by atoms with Crippen LogP contribution >= 0.6 is 11.3 Å². The van der Waals surface area contributed by atoms with Crippen molar-refractivity contribution in [2.75, 3.05) is 6.61 Å². The van der Waals surface area contributed by atoms with Gasteiger partial charge in [-0.25, -0.2) is 4.98 Å². The molecule has 0 aliphatic carbocycles. The largest absolute Gasteiger partial charge is 0.371 e. The molecular formula is C17H17N3O2S. The van der Waals surface area contributed by atoms with Crippen LogP contribution in [0.15, 0.2) is 35.0 Å². The highest BCUT2D eigenvalue weighted by Gasteiger charge is 2.22. The molecule has 0 bridgehead atoms. The van der Waals surface area contributed by atoms with Crippen molar-refractivity contribution >= 4 is 11.3 Å². The standard InChI is InChI=1S/C17H17N3O2S/c1-2-11-5-7-12(8-6-11)15-19-16(22-20-15)14-10-18-17(23-14)13-4-3-9-21-13/h5-8,10,13H,2-4,9H2,1H3. The molecule has 1 saturated heterocycles. The maximum atomic E-state index is 5.67. The van der Waals surface area contributed by atoms with Gasteiger partial charge in [-0.1, -0.05) is 36.3 Å². The molecule has 0 spiro atoms. The number of nitrogens with zero attached hydrogens (tertiary/aromatic N) is 3. The highest BCUT2D eigenvalue weighted by atomic mass is 32.1. The van der Waals surface area contributed by atoms with E-state index in [4.69, 9.17) is 9.26 Å². The Morgan fingerprint density at radius 2 is 2.13 bits per heavy atom. The summed E-state index contributed by atoms with van der Waals surface area (Å²) in [7, 11) is 0. The molecular weight excluding hydrogens is 310 g/mol. The Bertz CT molecular complexity index is 788. The van der Waals surface area contributed by atoms with Gasteiger partial charge in [-0.3, -0.25) is 0 Å². The Morgan fingerprint density at radius 1 is 1.26 bits per heavy atom. The summed E-state index contributed by atoms with van der Waals surface area (Å²) in [5, 5.41) is 5.08. The molecule has 1 atom stereocenters. The third-order valence-corrected chi connectivity index (χ3v) is 5.06. The molecule has 1 aliphatic rings. The molecule has 5 nitrogen and oxygen atoms in total. The number of ether oxygens (including phenoxy) is 1. The number of rotatable bonds is 4. The Morgan fingerprint density at radius 3 is 2.87 bits per heavy atom. The van der Waals surface area contributed by atoms with Crippen molar-refractivity contribution in [1.82, 2.24) is 15.1 Å². The molecule has 1 unspecified atom stereocenters. The minimum absolute atomic E-state index is 0.123. The van der Waals surface area contributed by atoms with Crippen LogP contribution in [0.5, 0.6) is 0 Å². The molecule has 0 N–H and O–H groups in total. The Hall–Kier alpha value is -2.05. The summed E-state index contributed by atoms with van der Waals surface area (Å²) in [4.78, 5) is 9.83. The van der Waals surface area contributed by atoms with Gasteiger partial charge in [0.25, 0.3) is 5.89 Å². The van der Waals surface area contributed by atoms with Gasteiger partial charge < -0.3 is 9.26 Å². The fourth-order valence-corrected chi connectivity index (χ4v) is 3.56. The van der Waals surface area contributed by atoms with E-state index in [1.165, 1.54) is 5.56 Å². The van der Waals surface area contributed by atoms with Crippen LogP contribution < -0.4 is 0 Å². The number of hydrogen-bond acceptors (Lipinski definition) is 6. The highest BCUT2D eigenvalue weighted by Crippen LogP contribution is 2.35. The summed E-state index contributed by atoms with van der Waals surface area (Å²) in [6.45, 7) is 2.95. The minimum atomic E-state index is 0.123. The monoisotopic (exact) mass is 327 g/mol. The summed E-state index contributed by atoms with van der Waals surface area (Å²) in [5.74, 6) is 1.12. The number of thiazole rings is 1. The van der Waals surface area contributed by atoms with Crippen LogP contribution in [0.4, 0.5) is 0 Å². The van der Waals surface area contributed by atoms with Crippen LogP contribution in [0.2, 0.25) is 0 Å². The Labute approximate surface area is 138 Å². The van der Waals surface area contributed by atoms with Crippen molar-refractivity contribution in [1.29, 1.82) is 0 Å². The molecule has 0 radical (unpaired) electrons. The molecule has 2 aromatic heterocycles.